The van der Waals surface area contributed by atoms with Gasteiger partial charge in [-0.2, -0.15) is 0 Å². The van der Waals surface area contributed by atoms with Gasteiger partial charge >= 0.3 is 0 Å². The van der Waals surface area contributed by atoms with Crippen molar-refractivity contribution in [3.8, 4) is 0 Å². The van der Waals surface area contributed by atoms with Crippen molar-refractivity contribution in [3.63, 3.8) is 0 Å². The summed E-state index contributed by atoms with van der Waals surface area (Å²) in [5, 5.41) is 5.51. The number of aromatic nitrogens is 1. The number of aryl methyl sites for hydroxylation is 1. The standard InChI is InChI=1S/C16H20FN3OS/c1-20(2)10-15-19-14(11-22-15)16(21)18-9-5-7-12-6-3-4-8-13(12)17/h3-4,6,8,11H,5,7,9-10H2,1-2H3,(H,18,21). The van der Waals surface area contributed by atoms with Crippen molar-refractivity contribution in [3.05, 3.63) is 51.7 Å². The maximum Gasteiger partial charge on any atom is 0.270 e. The van der Waals surface area contributed by atoms with Gasteiger partial charge in [-0.1, -0.05) is 18.2 Å². The summed E-state index contributed by atoms with van der Waals surface area (Å²) in [4.78, 5) is 18.3. The zero-order chi connectivity index (χ0) is 15.9. The Morgan fingerprint density at radius 1 is 1.36 bits per heavy atom. The van der Waals surface area contributed by atoms with Gasteiger partial charge in [-0.3, -0.25) is 4.79 Å². The molecule has 0 atom stereocenters. The van der Waals surface area contributed by atoms with E-state index in [2.05, 4.69) is 10.3 Å². The Morgan fingerprint density at radius 3 is 2.86 bits per heavy atom. The molecular formula is C16H20FN3OS. The van der Waals surface area contributed by atoms with E-state index < -0.39 is 0 Å². The smallest absolute Gasteiger partial charge is 0.270 e. The van der Waals surface area contributed by atoms with Crippen molar-refractivity contribution in [2.75, 3.05) is 20.6 Å². The molecule has 1 aromatic carbocycles. The lowest BCUT2D eigenvalue weighted by atomic mass is 10.1. The number of hydrogen-bond acceptors (Lipinski definition) is 4. The zero-order valence-corrected chi connectivity index (χ0v) is 13.6. The van der Waals surface area contributed by atoms with Gasteiger partial charge in [-0.15, -0.1) is 11.3 Å². The molecule has 2 aromatic rings. The number of thiazole rings is 1. The molecular weight excluding hydrogens is 301 g/mol. The van der Waals surface area contributed by atoms with E-state index in [1.54, 1.807) is 17.5 Å². The van der Waals surface area contributed by atoms with Crippen LogP contribution in [0.1, 0.15) is 27.5 Å². The maximum absolute atomic E-state index is 13.4. The number of carbonyl (C=O) groups excluding carboxylic acids is 1. The molecule has 0 aliphatic heterocycles. The number of rotatable bonds is 7. The fourth-order valence-corrected chi connectivity index (χ4v) is 2.92. The molecule has 0 fully saturated rings. The Morgan fingerprint density at radius 2 is 2.14 bits per heavy atom. The molecule has 118 valence electrons. The molecule has 2 rings (SSSR count). The summed E-state index contributed by atoms with van der Waals surface area (Å²) in [6.45, 7) is 1.24. The van der Waals surface area contributed by atoms with E-state index in [4.69, 9.17) is 0 Å². The summed E-state index contributed by atoms with van der Waals surface area (Å²) in [5.41, 5.74) is 1.13. The van der Waals surface area contributed by atoms with Gasteiger partial charge in [0.15, 0.2) is 0 Å². The van der Waals surface area contributed by atoms with Crippen LogP contribution in [0.5, 0.6) is 0 Å². The molecule has 6 heteroatoms. The van der Waals surface area contributed by atoms with Crippen molar-refractivity contribution in [2.24, 2.45) is 0 Å². The SMILES string of the molecule is CN(C)Cc1nc(C(=O)NCCCc2ccccc2F)cs1. The number of nitrogens with one attached hydrogen (secondary N) is 1. The normalized spacial score (nSPS) is 10.9. The van der Waals surface area contributed by atoms with Crippen LogP contribution in [0.3, 0.4) is 0 Å². The highest BCUT2D eigenvalue weighted by Crippen LogP contribution is 2.11. The number of halogens is 1. The van der Waals surface area contributed by atoms with Crippen LogP contribution in [-0.2, 0) is 13.0 Å². The minimum atomic E-state index is -0.193. The van der Waals surface area contributed by atoms with E-state index in [9.17, 15) is 9.18 Å². The number of nitrogens with zero attached hydrogens (tertiary/aromatic N) is 2. The minimum absolute atomic E-state index is 0.171. The second-order valence-electron chi connectivity index (χ2n) is 5.32. The molecule has 1 aromatic heterocycles. The Labute approximate surface area is 134 Å². The van der Waals surface area contributed by atoms with Crippen LogP contribution in [0.25, 0.3) is 0 Å². The van der Waals surface area contributed by atoms with E-state index in [1.165, 1.54) is 17.4 Å². The lowest BCUT2D eigenvalue weighted by Crippen LogP contribution is -2.25. The molecule has 0 unspecified atom stereocenters. The van der Waals surface area contributed by atoms with Gasteiger partial charge in [0.05, 0.1) is 0 Å². The Kier molecular flexibility index (Phi) is 6.03. The van der Waals surface area contributed by atoms with E-state index in [0.717, 1.165) is 11.6 Å². The van der Waals surface area contributed by atoms with Crippen molar-refractivity contribution < 1.29 is 9.18 Å². The third-order valence-electron chi connectivity index (χ3n) is 3.10. The van der Waals surface area contributed by atoms with Gasteiger partial charge < -0.3 is 10.2 Å². The topological polar surface area (TPSA) is 45.2 Å². The molecule has 22 heavy (non-hydrogen) atoms. The molecule has 0 radical (unpaired) electrons. The van der Waals surface area contributed by atoms with Gasteiger partial charge in [0.25, 0.3) is 5.91 Å². The Hall–Kier alpha value is -1.79. The summed E-state index contributed by atoms with van der Waals surface area (Å²) < 4.78 is 13.4. The molecule has 0 aliphatic carbocycles. The molecule has 1 heterocycles. The second-order valence-corrected chi connectivity index (χ2v) is 6.26. The minimum Gasteiger partial charge on any atom is -0.351 e. The van der Waals surface area contributed by atoms with Crippen molar-refractivity contribution in [1.82, 2.24) is 15.2 Å². The van der Waals surface area contributed by atoms with Crippen LogP contribution >= 0.6 is 11.3 Å². The van der Waals surface area contributed by atoms with E-state index >= 15 is 0 Å². The van der Waals surface area contributed by atoms with Crippen LogP contribution in [-0.4, -0.2) is 36.4 Å². The fourth-order valence-electron chi connectivity index (χ4n) is 2.03. The lowest BCUT2D eigenvalue weighted by molar-refractivity contribution is 0.0948. The van der Waals surface area contributed by atoms with Gasteiger partial charge in [0.1, 0.15) is 16.5 Å². The first kappa shape index (κ1) is 16.6. The number of hydrogen-bond donors (Lipinski definition) is 1. The maximum atomic E-state index is 13.4. The number of amides is 1. The van der Waals surface area contributed by atoms with Crippen molar-refractivity contribution in [2.45, 2.75) is 19.4 Å². The molecule has 1 amide bonds. The monoisotopic (exact) mass is 321 g/mol. The summed E-state index contributed by atoms with van der Waals surface area (Å²) in [7, 11) is 3.92. The largest absolute Gasteiger partial charge is 0.351 e. The summed E-state index contributed by atoms with van der Waals surface area (Å²) in [6.07, 6.45) is 1.30. The molecule has 1 N–H and O–H groups in total. The van der Waals surface area contributed by atoms with Crippen molar-refractivity contribution >= 4 is 17.2 Å². The third-order valence-corrected chi connectivity index (χ3v) is 3.94. The van der Waals surface area contributed by atoms with E-state index in [0.29, 0.717) is 30.6 Å². The highest BCUT2D eigenvalue weighted by atomic mass is 32.1. The average molecular weight is 321 g/mol. The number of benzene rings is 1. The second kappa shape index (κ2) is 8.00. The van der Waals surface area contributed by atoms with Gasteiger partial charge in [-0.05, 0) is 38.6 Å². The predicted molar refractivity (Wildman–Crippen MR) is 86.6 cm³/mol. The fraction of sp³-hybridized carbons (Fsp3) is 0.375. The predicted octanol–water partition coefficient (Wildman–Crippen LogP) is 2.71. The molecule has 0 bridgehead atoms. The Bertz CT molecular complexity index is 627. The molecule has 4 nitrogen and oxygen atoms in total. The van der Waals surface area contributed by atoms with E-state index in [1.807, 2.05) is 25.1 Å². The highest BCUT2D eigenvalue weighted by Gasteiger charge is 2.10. The average Bonchev–Trinajstić information content (AvgIpc) is 2.93. The first-order valence-corrected chi connectivity index (χ1v) is 8.05. The van der Waals surface area contributed by atoms with Crippen LogP contribution in [0.2, 0.25) is 0 Å². The van der Waals surface area contributed by atoms with Crippen LogP contribution in [0, 0.1) is 5.82 Å². The summed E-state index contributed by atoms with van der Waals surface area (Å²) in [5.74, 6) is -0.364. The molecule has 0 saturated heterocycles. The van der Waals surface area contributed by atoms with Gasteiger partial charge in [-0.25, -0.2) is 9.37 Å². The zero-order valence-electron chi connectivity index (χ0n) is 12.8. The van der Waals surface area contributed by atoms with Crippen LogP contribution in [0.4, 0.5) is 4.39 Å². The molecule has 0 spiro atoms. The lowest BCUT2D eigenvalue weighted by Gasteiger charge is -2.06. The summed E-state index contributed by atoms with van der Waals surface area (Å²) in [6, 6.07) is 6.72. The number of carbonyl (C=O) groups is 1. The third kappa shape index (κ3) is 4.89. The summed E-state index contributed by atoms with van der Waals surface area (Å²) >= 11 is 1.48. The van der Waals surface area contributed by atoms with Crippen LogP contribution in [0.15, 0.2) is 29.6 Å². The highest BCUT2D eigenvalue weighted by molar-refractivity contribution is 7.09. The quantitative estimate of drug-likeness (QED) is 0.798. The van der Waals surface area contributed by atoms with E-state index in [-0.39, 0.29) is 11.7 Å². The first-order chi connectivity index (χ1) is 10.6. The first-order valence-electron chi connectivity index (χ1n) is 7.17. The van der Waals surface area contributed by atoms with Gasteiger partial charge in [0, 0.05) is 18.5 Å². The molecule has 0 saturated carbocycles. The van der Waals surface area contributed by atoms with Crippen molar-refractivity contribution in [1.29, 1.82) is 0 Å². The van der Waals surface area contributed by atoms with Crippen LogP contribution < -0.4 is 5.32 Å². The Balaban J connectivity index is 1.76. The molecule has 0 aliphatic rings. The van der Waals surface area contributed by atoms with Gasteiger partial charge in [0.2, 0.25) is 0 Å².